The molecule has 118 valence electrons. The molecule has 1 atom stereocenters. The van der Waals surface area contributed by atoms with Gasteiger partial charge >= 0.3 is 0 Å². The number of carbonyl (C=O) groups is 1. The Labute approximate surface area is 140 Å². The normalized spacial score (nSPS) is 15.0. The molecule has 1 aliphatic rings. The van der Waals surface area contributed by atoms with Crippen LogP contribution in [0, 0.1) is 6.92 Å². The molecule has 1 N–H and O–H groups in total. The Bertz CT molecular complexity index is 903. The summed E-state index contributed by atoms with van der Waals surface area (Å²) in [5.74, 6) is 1.52. The van der Waals surface area contributed by atoms with Crippen LogP contribution in [0.4, 0.5) is 0 Å². The van der Waals surface area contributed by atoms with E-state index in [1.165, 1.54) is 0 Å². The van der Waals surface area contributed by atoms with Gasteiger partial charge in [-0.1, -0.05) is 54.6 Å². The molecule has 0 saturated carbocycles. The largest absolute Gasteiger partial charge is 0.456 e. The van der Waals surface area contributed by atoms with Crippen LogP contribution in [-0.4, -0.2) is 5.91 Å². The zero-order valence-electron chi connectivity index (χ0n) is 13.3. The van der Waals surface area contributed by atoms with Gasteiger partial charge in [0.05, 0.1) is 6.04 Å². The fourth-order valence-corrected chi connectivity index (χ4v) is 3.09. The highest BCUT2D eigenvalue weighted by molar-refractivity contribution is 5.94. The van der Waals surface area contributed by atoms with E-state index in [4.69, 9.17) is 4.74 Å². The maximum absolute atomic E-state index is 12.7. The average molecular weight is 315 g/mol. The second kappa shape index (κ2) is 5.85. The molecule has 0 unspecified atom stereocenters. The SMILES string of the molecule is Cc1cccc2c1Oc1ccccc1[C@@H]2NC(=O)c1ccccc1. The molecule has 0 spiro atoms. The first kappa shape index (κ1) is 14.5. The molecule has 0 bridgehead atoms. The minimum Gasteiger partial charge on any atom is -0.456 e. The highest BCUT2D eigenvalue weighted by Crippen LogP contribution is 2.44. The van der Waals surface area contributed by atoms with E-state index in [0.717, 1.165) is 28.2 Å². The van der Waals surface area contributed by atoms with Gasteiger partial charge in [0.25, 0.3) is 5.91 Å². The number of rotatable bonds is 2. The monoisotopic (exact) mass is 315 g/mol. The first-order valence-electron chi connectivity index (χ1n) is 7.96. The van der Waals surface area contributed by atoms with E-state index in [2.05, 4.69) is 5.32 Å². The molecule has 1 amide bonds. The van der Waals surface area contributed by atoms with E-state index in [0.29, 0.717) is 5.56 Å². The summed E-state index contributed by atoms with van der Waals surface area (Å²) in [6.45, 7) is 2.02. The first-order chi connectivity index (χ1) is 11.7. The van der Waals surface area contributed by atoms with Gasteiger partial charge in [0.1, 0.15) is 11.5 Å². The number of hydrogen-bond acceptors (Lipinski definition) is 2. The van der Waals surface area contributed by atoms with E-state index < -0.39 is 0 Å². The van der Waals surface area contributed by atoms with Crippen molar-refractivity contribution in [2.75, 3.05) is 0 Å². The van der Waals surface area contributed by atoms with E-state index in [1.807, 2.05) is 79.7 Å². The van der Waals surface area contributed by atoms with Gasteiger partial charge in [-0.3, -0.25) is 4.79 Å². The van der Waals surface area contributed by atoms with E-state index in [9.17, 15) is 4.79 Å². The van der Waals surface area contributed by atoms with Gasteiger partial charge < -0.3 is 10.1 Å². The molecular weight excluding hydrogens is 298 g/mol. The predicted octanol–water partition coefficient (Wildman–Crippen LogP) is 4.62. The molecule has 4 rings (SSSR count). The summed E-state index contributed by atoms with van der Waals surface area (Å²) >= 11 is 0. The fourth-order valence-electron chi connectivity index (χ4n) is 3.09. The van der Waals surface area contributed by atoms with Crippen LogP contribution in [0.5, 0.6) is 11.5 Å². The van der Waals surface area contributed by atoms with Gasteiger partial charge in [-0.15, -0.1) is 0 Å². The summed E-state index contributed by atoms with van der Waals surface area (Å²) in [5, 5.41) is 3.16. The van der Waals surface area contributed by atoms with Crippen molar-refractivity contribution in [2.45, 2.75) is 13.0 Å². The molecule has 0 aliphatic carbocycles. The number of aryl methyl sites for hydroxylation is 1. The Hall–Kier alpha value is -3.07. The zero-order chi connectivity index (χ0) is 16.5. The molecule has 3 nitrogen and oxygen atoms in total. The van der Waals surface area contributed by atoms with Gasteiger partial charge in [0, 0.05) is 16.7 Å². The van der Waals surface area contributed by atoms with Crippen LogP contribution in [0.25, 0.3) is 0 Å². The third kappa shape index (κ3) is 2.44. The summed E-state index contributed by atoms with van der Waals surface area (Å²) in [7, 11) is 0. The van der Waals surface area contributed by atoms with E-state index in [-0.39, 0.29) is 11.9 Å². The second-order valence-corrected chi connectivity index (χ2v) is 5.91. The second-order valence-electron chi connectivity index (χ2n) is 5.91. The summed E-state index contributed by atoms with van der Waals surface area (Å²) in [5.41, 5.74) is 3.66. The van der Waals surface area contributed by atoms with Crippen molar-refractivity contribution in [3.8, 4) is 11.5 Å². The summed E-state index contributed by atoms with van der Waals surface area (Å²) < 4.78 is 6.07. The molecule has 0 fully saturated rings. The molecule has 0 saturated heterocycles. The minimum absolute atomic E-state index is 0.0928. The maximum atomic E-state index is 12.7. The highest BCUT2D eigenvalue weighted by atomic mass is 16.5. The van der Waals surface area contributed by atoms with Crippen LogP contribution >= 0.6 is 0 Å². The number of carbonyl (C=O) groups excluding carboxylic acids is 1. The average Bonchev–Trinajstić information content (AvgIpc) is 2.63. The number of fused-ring (bicyclic) bond motifs is 2. The lowest BCUT2D eigenvalue weighted by Crippen LogP contribution is -2.31. The van der Waals surface area contributed by atoms with Crippen LogP contribution in [0.2, 0.25) is 0 Å². The highest BCUT2D eigenvalue weighted by Gasteiger charge is 2.29. The number of nitrogens with one attached hydrogen (secondary N) is 1. The third-order valence-electron chi connectivity index (χ3n) is 4.31. The lowest BCUT2D eigenvalue weighted by atomic mass is 9.92. The zero-order valence-corrected chi connectivity index (χ0v) is 13.3. The van der Waals surface area contributed by atoms with Crippen molar-refractivity contribution in [1.82, 2.24) is 5.32 Å². The van der Waals surface area contributed by atoms with Crippen molar-refractivity contribution in [3.05, 3.63) is 95.1 Å². The summed E-state index contributed by atoms with van der Waals surface area (Å²) in [4.78, 5) is 12.7. The molecule has 1 aliphatic heterocycles. The van der Waals surface area contributed by atoms with Gasteiger partial charge in [-0.25, -0.2) is 0 Å². The number of amides is 1. The number of para-hydroxylation sites is 2. The quantitative estimate of drug-likeness (QED) is 0.749. The predicted molar refractivity (Wildman–Crippen MR) is 93.4 cm³/mol. The molecule has 3 aromatic carbocycles. The Morgan fingerprint density at radius 3 is 2.42 bits per heavy atom. The van der Waals surface area contributed by atoms with Crippen LogP contribution in [0.3, 0.4) is 0 Å². The topological polar surface area (TPSA) is 38.3 Å². The Morgan fingerprint density at radius 1 is 0.875 bits per heavy atom. The molecule has 3 heteroatoms. The molecular formula is C21H17NO2. The van der Waals surface area contributed by atoms with Crippen molar-refractivity contribution < 1.29 is 9.53 Å². The Kier molecular flexibility index (Phi) is 3.54. The number of ether oxygens (including phenoxy) is 1. The Balaban J connectivity index is 1.77. The number of benzene rings is 3. The number of hydrogen-bond donors (Lipinski definition) is 1. The lowest BCUT2D eigenvalue weighted by Gasteiger charge is -2.29. The molecule has 0 radical (unpaired) electrons. The standard InChI is InChI=1S/C21H17NO2/c1-14-8-7-12-17-19(22-21(23)15-9-3-2-4-10-15)16-11-5-6-13-18(16)24-20(14)17/h2-13,19H,1H3,(H,22,23)/t19-/m0/s1. The summed E-state index contributed by atoms with van der Waals surface area (Å²) in [6, 6.07) is 22.9. The Morgan fingerprint density at radius 2 is 1.58 bits per heavy atom. The van der Waals surface area contributed by atoms with Crippen molar-refractivity contribution in [3.63, 3.8) is 0 Å². The van der Waals surface area contributed by atoms with Crippen LogP contribution < -0.4 is 10.1 Å². The smallest absolute Gasteiger partial charge is 0.252 e. The first-order valence-corrected chi connectivity index (χ1v) is 7.96. The molecule has 1 heterocycles. The minimum atomic E-state index is -0.224. The van der Waals surface area contributed by atoms with Crippen molar-refractivity contribution >= 4 is 5.91 Å². The maximum Gasteiger partial charge on any atom is 0.252 e. The molecule has 0 aromatic heterocycles. The summed E-state index contributed by atoms with van der Waals surface area (Å²) in [6.07, 6.45) is 0. The fraction of sp³-hybridized carbons (Fsp3) is 0.0952. The molecule has 3 aromatic rings. The van der Waals surface area contributed by atoms with Gasteiger partial charge in [-0.05, 0) is 30.7 Å². The van der Waals surface area contributed by atoms with Gasteiger partial charge in [0.15, 0.2) is 0 Å². The van der Waals surface area contributed by atoms with Gasteiger partial charge in [-0.2, -0.15) is 0 Å². The van der Waals surface area contributed by atoms with E-state index >= 15 is 0 Å². The van der Waals surface area contributed by atoms with Crippen molar-refractivity contribution in [2.24, 2.45) is 0 Å². The van der Waals surface area contributed by atoms with E-state index in [1.54, 1.807) is 0 Å². The van der Waals surface area contributed by atoms with Crippen LogP contribution in [0.1, 0.15) is 33.1 Å². The molecule has 24 heavy (non-hydrogen) atoms. The van der Waals surface area contributed by atoms with Crippen LogP contribution in [-0.2, 0) is 0 Å². The lowest BCUT2D eigenvalue weighted by molar-refractivity contribution is 0.0941. The van der Waals surface area contributed by atoms with Crippen LogP contribution in [0.15, 0.2) is 72.8 Å². The third-order valence-corrected chi connectivity index (χ3v) is 4.31. The van der Waals surface area contributed by atoms with Gasteiger partial charge in [0.2, 0.25) is 0 Å². The van der Waals surface area contributed by atoms with Crippen molar-refractivity contribution in [1.29, 1.82) is 0 Å².